The van der Waals surface area contributed by atoms with Crippen molar-refractivity contribution >= 4 is 5.97 Å². The summed E-state index contributed by atoms with van der Waals surface area (Å²) in [6.45, 7) is 3.10. The molecule has 0 saturated heterocycles. The summed E-state index contributed by atoms with van der Waals surface area (Å²) >= 11 is 0. The molecule has 0 bridgehead atoms. The molecule has 0 aromatic heterocycles. The average Bonchev–Trinajstić information content (AvgIpc) is 2.93. The second kappa shape index (κ2) is 8.14. The molecule has 2 fully saturated rings. The van der Waals surface area contributed by atoms with Gasteiger partial charge in [-0.05, 0) is 52.0 Å². The molecule has 0 amide bonds. The van der Waals surface area contributed by atoms with Crippen molar-refractivity contribution in [2.45, 2.75) is 76.4 Å². The van der Waals surface area contributed by atoms with Gasteiger partial charge in [-0.25, -0.2) is 0 Å². The maximum Gasteiger partial charge on any atom is 0.326 e. The van der Waals surface area contributed by atoms with Crippen LogP contribution in [0.3, 0.4) is 0 Å². The summed E-state index contributed by atoms with van der Waals surface area (Å²) in [5.41, 5.74) is -0.480. The largest absolute Gasteiger partial charge is 0.465 e. The molecule has 2 aliphatic rings. The Kier molecular flexibility index (Phi) is 6.49. The molecule has 0 aromatic carbocycles. The molecule has 1 N–H and O–H groups in total. The highest BCUT2D eigenvalue weighted by Crippen LogP contribution is 2.39. The summed E-state index contributed by atoms with van der Waals surface area (Å²) in [5, 5.41) is 3.27. The lowest BCUT2D eigenvalue weighted by Crippen LogP contribution is -2.54. The van der Waals surface area contributed by atoms with Crippen LogP contribution in [0, 0.1) is 5.92 Å². The Morgan fingerprint density at radius 3 is 2.62 bits per heavy atom. The van der Waals surface area contributed by atoms with Crippen molar-refractivity contribution in [2.75, 3.05) is 20.3 Å². The third-order valence-electron chi connectivity index (χ3n) is 5.28. The van der Waals surface area contributed by atoms with Gasteiger partial charge in [0.25, 0.3) is 0 Å². The zero-order valence-electron chi connectivity index (χ0n) is 13.7. The van der Waals surface area contributed by atoms with Crippen LogP contribution in [0.4, 0.5) is 0 Å². The van der Waals surface area contributed by atoms with Gasteiger partial charge in [0.15, 0.2) is 0 Å². The summed E-state index contributed by atoms with van der Waals surface area (Å²) in [5.74, 6) is 0.262. The van der Waals surface area contributed by atoms with Gasteiger partial charge >= 0.3 is 5.97 Å². The summed E-state index contributed by atoms with van der Waals surface area (Å²) in [6.07, 6.45) is 10.8. The molecule has 0 radical (unpaired) electrons. The van der Waals surface area contributed by atoms with Crippen LogP contribution in [0.5, 0.6) is 0 Å². The Balaban J connectivity index is 1.83. The van der Waals surface area contributed by atoms with Crippen LogP contribution in [0.1, 0.15) is 64.7 Å². The predicted octanol–water partition coefficient (Wildman–Crippen LogP) is 3.05. The number of hydrogen-bond acceptors (Lipinski definition) is 4. The maximum atomic E-state index is 12.3. The van der Waals surface area contributed by atoms with Gasteiger partial charge < -0.3 is 14.8 Å². The number of rotatable bonds is 7. The molecule has 2 rings (SSSR count). The van der Waals surface area contributed by atoms with E-state index in [1.807, 2.05) is 14.0 Å². The zero-order chi connectivity index (χ0) is 15.1. The highest BCUT2D eigenvalue weighted by molar-refractivity contribution is 5.81. The third-order valence-corrected chi connectivity index (χ3v) is 5.28. The monoisotopic (exact) mass is 297 g/mol. The van der Waals surface area contributed by atoms with Crippen molar-refractivity contribution in [1.82, 2.24) is 5.32 Å². The van der Waals surface area contributed by atoms with Crippen LogP contribution >= 0.6 is 0 Å². The van der Waals surface area contributed by atoms with Crippen molar-refractivity contribution in [3.05, 3.63) is 0 Å². The number of nitrogens with one attached hydrogen (secondary N) is 1. The highest BCUT2D eigenvalue weighted by atomic mass is 16.5. The smallest absolute Gasteiger partial charge is 0.326 e. The standard InChI is InChI=1S/C17H31NO3/c1-3-20-16(19)17(18-2)12-7-8-14(17)11-13-21-15-9-5-4-6-10-15/h14-15,18H,3-13H2,1-2H3. The molecular formula is C17H31NO3. The van der Waals surface area contributed by atoms with Crippen LogP contribution < -0.4 is 5.32 Å². The second-order valence-electron chi connectivity index (χ2n) is 6.45. The van der Waals surface area contributed by atoms with Gasteiger partial charge in [-0.2, -0.15) is 0 Å². The molecule has 0 aromatic rings. The minimum Gasteiger partial charge on any atom is -0.465 e. The van der Waals surface area contributed by atoms with Crippen molar-refractivity contribution in [1.29, 1.82) is 0 Å². The lowest BCUT2D eigenvalue weighted by Gasteiger charge is -2.33. The Hall–Kier alpha value is -0.610. The second-order valence-corrected chi connectivity index (χ2v) is 6.45. The van der Waals surface area contributed by atoms with E-state index < -0.39 is 5.54 Å². The van der Waals surface area contributed by atoms with Gasteiger partial charge in [-0.3, -0.25) is 4.79 Å². The Morgan fingerprint density at radius 2 is 1.95 bits per heavy atom. The van der Waals surface area contributed by atoms with E-state index >= 15 is 0 Å². The first kappa shape index (κ1) is 16.8. The van der Waals surface area contributed by atoms with E-state index in [1.165, 1.54) is 32.1 Å². The summed E-state index contributed by atoms with van der Waals surface area (Å²) in [4.78, 5) is 12.3. The zero-order valence-corrected chi connectivity index (χ0v) is 13.7. The predicted molar refractivity (Wildman–Crippen MR) is 83.2 cm³/mol. The molecule has 2 atom stereocenters. The topological polar surface area (TPSA) is 47.6 Å². The number of esters is 1. The quantitative estimate of drug-likeness (QED) is 0.734. The van der Waals surface area contributed by atoms with Gasteiger partial charge in [0.2, 0.25) is 0 Å². The normalized spacial score (nSPS) is 30.5. The molecule has 122 valence electrons. The van der Waals surface area contributed by atoms with Crippen LogP contribution in [-0.4, -0.2) is 37.9 Å². The van der Waals surface area contributed by atoms with E-state index in [2.05, 4.69) is 5.32 Å². The Bertz CT molecular complexity index is 328. The first-order valence-electron chi connectivity index (χ1n) is 8.70. The van der Waals surface area contributed by atoms with Gasteiger partial charge in [0.1, 0.15) is 5.54 Å². The van der Waals surface area contributed by atoms with Crippen molar-refractivity contribution in [3.8, 4) is 0 Å². The van der Waals surface area contributed by atoms with Crippen LogP contribution in [-0.2, 0) is 14.3 Å². The van der Waals surface area contributed by atoms with E-state index in [0.29, 0.717) is 18.6 Å². The van der Waals surface area contributed by atoms with Gasteiger partial charge in [0, 0.05) is 6.61 Å². The maximum absolute atomic E-state index is 12.3. The molecule has 21 heavy (non-hydrogen) atoms. The van der Waals surface area contributed by atoms with E-state index in [4.69, 9.17) is 9.47 Å². The van der Waals surface area contributed by atoms with Crippen LogP contribution in [0.25, 0.3) is 0 Å². The summed E-state index contributed by atoms with van der Waals surface area (Å²) < 4.78 is 11.3. The molecule has 2 saturated carbocycles. The molecule has 2 unspecified atom stereocenters. The summed E-state index contributed by atoms with van der Waals surface area (Å²) in [7, 11) is 1.89. The minimum atomic E-state index is -0.480. The molecule has 2 aliphatic carbocycles. The molecule has 0 aliphatic heterocycles. The SMILES string of the molecule is CCOC(=O)C1(NC)CCCC1CCOC1CCCCC1. The number of ether oxygens (including phenoxy) is 2. The molecule has 0 spiro atoms. The van der Waals surface area contributed by atoms with Crippen LogP contribution in [0.2, 0.25) is 0 Å². The minimum absolute atomic E-state index is 0.0762. The highest BCUT2D eigenvalue weighted by Gasteiger charge is 2.48. The van der Waals surface area contributed by atoms with Crippen molar-refractivity contribution < 1.29 is 14.3 Å². The van der Waals surface area contributed by atoms with Crippen molar-refractivity contribution in [3.63, 3.8) is 0 Å². The van der Waals surface area contributed by atoms with Crippen molar-refractivity contribution in [2.24, 2.45) is 5.92 Å². The fraction of sp³-hybridized carbons (Fsp3) is 0.941. The lowest BCUT2D eigenvalue weighted by atomic mass is 9.85. The van der Waals surface area contributed by atoms with Gasteiger partial charge in [-0.15, -0.1) is 0 Å². The summed E-state index contributed by atoms with van der Waals surface area (Å²) in [6, 6.07) is 0. The lowest BCUT2D eigenvalue weighted by molar-refractivity contribution is -0.153. The van der Waals surface area contributed by atoms with Gasteiger partial charge in [0.05, 0.1) is 12.7 Å². The fourth-order valence-electron chi connectivity index (χ4n) is 4.04. The number of likely N-dealkylation sites (N-methyl/N-ethyl adjacent to an activating group) is 1. The molecule has 0 heterocycles. The fourth-order valence-corrected chi connectivity index (χ4v) is 4.04. The van der Waals surface area contributed by atoms with E-state index in [0.717, 1.165) is 32.3 Å². The van der Waals surface area contributed by atoms with Crippen LogP contribution in [0.15, 0.2) is 0 Å². The van der Waals surface area contributed by atoms with E-state index in [1.54, 1.807) is 0 Å². The first-order chi connectivity index (χ1) is 10.2. The average molecular weight is 297 g/mol. The first-order valence-corrected chi connectivity index (χ1v) is 8.70. The third kappa shape index (κ3) is 3.98. The van der Waals surface area contributed by atoms with E-state index in [-0.39, 0.29) is 5.97 Å². The Morgan fingerprint density at radius 1 is 1.19 bits per heavy atom. The number of carbonyl (C=O) groups excluding carboxylic acids is 1. The molecule has 4 nitrogen and oxygen atoms in total. The Labute approximate surface area is 129 Å². The van der Waals surface area contributed by atoms with E-state index in [9.17, 15) is 4.79 Å². The number of hydrogen-bond donors (Lipinski definition) is 1. The van der Waals surface area contributed by atoms with Gasteiger partial charge in [-0.1, -0.05) is 25.7 Å². The number of carbonyl (C=O) groups is 1. The molecular weight excluding hydrogens is 266 g/mol. The molecule has 4 heteroatoms.